The summed E-state index contributed by atoms with van der Waals surface area (Å²) in [6, 6.07) is 5.02. The minimum Gasteiger partial charge on any atom is -0.484 e. The van der Waals surface area contributed by atoms with Crippen LogP contribution in [0, 0.1) is 0 Å². The van der Waals surface area contributed by atoms with Gasteiger partial charge in [-0.2, -0.15) is 0 Å². The summed E-state index contributed by atoms with van der Waals surface area (Å²) < 4.78 is 31.4. The number of hydrogen-bond donors (Lipinski definition) is 1. The van der Waals surface area contributed by atoms with Gasteiger partial charge in [-0.1, -0.05) is 6.07 Å². The lowest BCUT2D eigenvalue weighted by molar-refractivity contribution is 0.368. The van der Waals surface area contributed by atoms with Crippen molar-refractivity contribution < 1.29 is 13.5 Å². The maximum Gasteiger partial charge on any atom is 0.183 e. The van der Waals surface area contributed by atoms with Crippen LogP contribution in [-0.4, -0.2) is 52.1 Å². The molecule has 2 aromatic heterocycles. The zero-order valence-corrected chi connectivity index (χ0v) is 14.6. The molecule has 0 saturated heterocycles. The van der Waals surface area contributed by atoms with Crippen LogP contribution < -0.4 is 5.73 Å². The number of methoxy groups -OCH3 is 1. The number of nitrogens with two attached hydrogens (primary N) is 1. The van der Waals surface area contributed by atoms with Gasteiger partial charge in [-0.05, 0) is 25.0 Å². The van der Waals surface area contributed by atoms with Gasteiger partial charge < -0.3 is 15.0 Å². The third-order valence-corrected chi connectivity index (χ3v) is 4.44. The molecule has 0 bridgehead atoms. The summed E-state index contributed by atoms with van der Waals surface area (Å²) in [5.41, 5.74) is 6.28. The van der Waals surface area contributed by atoms with Crippen LogP contribution in [0.2, 0.25) is 0 Å². The molecular formula is C17H22F2N6O. The number of aliphatic imine (C=N–C) groups is 1. The van der Waals surface area contributed by atoms with Crippen LogP contribution in [0.1, 0.15) is 31.1 Å². The molecule has 4 heterocycles. The lowest BCUT2D eigenvalue weighted by Crippen LogP contribution is -2.08. The van der Waals surface area contributed by atoms with Crippen molar-refractivity contribution in [2.45, 2.75) is 37.8 Å². The predicted octanol–water partition coefficient (Wildman–Crippen LogP) is 2.54. The van der Waals surface area contributed by atoms with E-state index in [1.165, 1.54) is 0 Å². The first-order valence-corrected chi connectivity index (χ1v) is 8.55. The fourth-order valence-electron chi connectivity index (χ4n) is 3.09. The topological polar surface area (TPSA) is 91.2 Å². The number of ether oxygens (including phenoxy) is 1. The van der Waals surface area contributed by atoms with Gasteiger partial charge in [0.1, 0.15) is 30.7 Å². The number of alkyl halides is 2. The van der Waals surface area contributed by atoms with Crippen molar-refractivity contribution in [3.8, 4) is 11.5 Å². The molecule has 2 aromatic rings. The number of hydrogen-bond acceptors (Lipinski definition) is 6. The van der Waals surface area contributed by atoms with Crippen molar-refractivity contribution in [1.29, 1.82) is 0 Å². The highest BCUT2D eigenvalue weighted by Gasteiger charge is 2.28. The van der Waals surface area contributed by atoms with Crippen molar-refractivity contribution in [3.05, 3.63) is 24.0 Å². The van der Waals surface area contributed by atoms with Crippen LogP contribution in [-0.2, 0) is 11.2 Å². The number of nitrogen functional groups attached to an aromatic ring is 1. The largest absolute Gasteiger partial charge is 0.484 e. The van der Waals surface area contributed by atoms with Crippen molar-refractivity contribution in [1.82, 2.24) is 19.7 Å². The summed E-state index contributed by atoms with van der Waals surface area (Å²) >= 11 is 0. The Balaban J connectivity index is 0.000000185. The van der Waals surface area contributed by atoms with Gasteiger partial charge in [0.15, 0.2) is 11.7 Å². The molecule has 2 aliphatic heterocycles. The number of aryl methyl sites for hydroxylation is 1. The monoisotopic (exact) mass is 364 g/mol. The third-order valence-electron chi connectivity index (χ3n) is 4.44. The Bertz CT molecular complexity index is 778. The number of fused-ring (bicyclic) bond motifs is 1. The highest BCUT2D eigenvalue weighted by atomic mass is 19.1. The van der Waals surface area contributed by atoms with Crippen LogP contribution in [0.4, 0.5) is 14.6 Å². The third kappa shape index (κ3) is 3.81. The van der Waals surface area contributed by atoms with Gasteiger partial charge >= 0.3 is 0 Å². The van der Waals surface area contributed by atoms with Crippen molar-refractivity contribution in [2.75, 3.05) is 26.2 Å². The number of halogens is 2. The highest BCUT2D eigenvalue weighted by molar-refractivity contribution is 5.77. The van der Waals surface area contributed by atoms with Gasteiger partial charge in [0.25, 0.3) is 0 Å². The summed E-state index contributed by atoms with van der Waals surface area (Å²) in [6.07, 6.45) is 3.14. The first kappa shape index (κ1) is 18.2. The molecule has 0 saturated carbocycles. The Labute approximate surface area is 150 Å². The zero-order chi connectivity index (χ0) is 18.5. The van der Waals surface area contributed by atoms with Gasteiger partial charge in [-0.15, -0.1) is 10.2 Å². The van der Waals surface area contributed by atoms with Crippen molar-refractivity contribution in [3.63, 3.8) is 0 Å². The number of rotatable bonds is 3. The van der Waals surface area contributed by atoms with Gasteiger partial charge in [0.05, 0.1) is 19.2 Å². The maximum atomic E-state index is 12.9. The number of anilines is 1. The molecule has 9 heteroatoms. The zero-order valence-electron chi connectivity index (χ0n) is 14.6. The average molecular weight is 364 g/mol. The fraction of sp³-hybridized carbons (Fsp3) is 0.529. The van der Waals surface area contributed by atoms with E-state index >= 15 is 0 Å². The Kier molecular flexibility index (Phi) is 5.75. The van der Waals surface area contributed by atoms with E-state index in [1.54, 1.807) is 25.3 Å². The number of nitrogens with zero attached hydrogens (tertiary/aromatic N) is 5. The molecule has 0 fully saturated rings. The predicted molar refractivity (Wildman–Crippen MR) is 94.4 cm³/mol. The molecule has 0 aromatic carbocycles. The Morgan fingerprint density at radius 1 is 1.19 bits per heavy atom. The normalized spacial score (nSPS) is 21.0. The molecule has 2 N–H and O–H groups in total. The van der Waals surface area contributed by atoms with E-state index in [1.807, 2.05) is 4.57 Å². The summed E-state index contributed by atoms with van der Waals surface area (Å²) in [5.74, 6) is 2.55. The average Bonchev–Trinajstić information content (AvgIpc) is 3.37. The molecule has 0 spiro atoms. The first-order valence-electron chi connectivity index (χ1n) is 8.55. The Morgan fingerprint density at radius 2 is 2.04 bits per heavy atom. The standard InChI is InChI=1S/C11H12FN5.C6H10FNO/c12-6-7-4-5-10-15-16-11(17(7)10)8-2-1-3-9(13)14-8;1-9-6-3-2-5(4-7)8-6/h1-3,7H,4-6H2,(H2,13,14);5H,2-4H2,1H3/t7-;5-/m00/s1. The van der Waals surface area contributed by atoms with E-state index in [4.69, 9.17) is 10.5 Å². The minimum atomic E-state index is -0.402. The molecule has 140 valence electrons. The summed E-state index contributed by atoms with van der Waals surface area (Å²) in [4.78, 5) is 8.14. The Hall–Kier alpha value is -2.58. The lowest BCUT2D eigenvalue weighted by atomic mass is 10.2. The van der Waals surface area contributed by atoms with E-state index in [0.717, 1.165) is 31.5 Å². The van der Waals surface area contributed by atoms with Crippen LogP contribution >= 0.6 is 0 Å². The summed E-state index contributed by atoms with van der Waals surface area (Å²) in [7, 11) is 1.57. The molecular weight excluding hydrogens is 342 g/mol. The van der Waals surface area contributed by atoms with Crippen LogP contribution in [0.5, 0.6) is 0 Å². The van der Waals surface area contributed by atoms with Crippen molar-refractivity contribution >= 4 is 11.7 Å². The molecule has 0 radical (unpaired) electrons. The number of pyridine rings is 1. The highest BCUT2D eigenvalue weighted by Crippen LogP contribution is 2.30. The smallest absolute Gasteiger partial charge is 0.183 e. The van der Waals surface area contributed by atoms with E-state index in [0.29, 0.717) is 23.2 Å². The Morgan fingerprint density at radius 3 is 2.65 bits per heavy atom. The fourth-order valence-corrected chi connectivity index (χ4v) is 3.09. The quantitative estimate of drug-likeness (QED) is 0.904. The molecule has 2 aliphatic rings. The lowest BCUT2D eigenvalue weighted by Gasteiger charge is -2.10. The van der Waals surface area contributed by atoms with Crippen LogP contribution in [0.15, 0.2) is 23.2 Å². The van der Waals surface area contributed by atoms with Crippen molar-refractivity contribution in [2.24, 2.45) is 4.99 Å². The molecule has 0 aliphatic carbocycles. The van der Waals surface area contributed by atoms with E-state index in [2.05, 4.69) is 20.2 Å². The first-order chi connectivity index (χ1) is 12.7. The van der Waals surface area contributed by atoms with E-state index < -0.39 is 6.67 Å². The molecule has 0 unspecified atom stereocenters. The van der Waals surface area contributed by atoms with E-state index in [9.17, 15) is 8.78 Å². The van der Waals surface area contributed by atoms with E-state index in [-0.39, 0.29) is 18.8 Å². The molecule has 26 heavy (non-hydrogen) atoms. The molecule has 2 atom stereocenters. The number of aromatic nitrogens is 4. The summed E-state index contributed by atoms with van der Waals surface area (Å²) in [6.45, 7) is -0.757. The van der Waals surface area contributed by atoms with Gasteiger partial charge in [0.2, 0.25) is 0 Å². The summed E-state index contributed by atoms with van der Waals surface area (Å²) in [5, 5.41) is 8.14. The maximum absolute atomic E-state index is 12.9. The second-order valence-corrected chi connectivity index (χ2v) is 6.18. The minimum absolute atomic E-state index is 0.125. The second-order valence-electron chi connectivity index (χ2n) is 6.18. The van der Waals surface area contributed by atoms with Gasteiger partial charge in [-0.25, -0.2) is 18.8 Å². The SMILES string of the molecule is COC1=N[C@H](CF)CC1.Nc1cccc(-c2nnc3n2[C@H](CF)CC3)n1. The molecule has 0 amide bonds. The van der Waals surface area contributed by atoms with Gasteiger partial charge in [-0.3, -0.25) is 0 Å². The molecule has 7 nitrogen and oxygen atoms in total. The molecule has 4 rings (SSSR count). The van der Waals surface area contributed by atoms with Crippen LogP contribution in [0.3, 0.4) is 0 Å². The van der Waals surface area contributed by atoms with Crippen LogP contribution in [0.25, 0.3) is 11.5 Å². The second kappa shape index (κ2) is 8.20. The van der Waals surface area contributed by atoms with Gasteiger partial charge in [0, 0.05) is 12.8 Å².